The lowest BCUT2D eigenvalue weighted by Gasteiger charge is -2.10. The Bertz CT molecular complexity index is 411. The standard InChI is InChI=1S/C14H18FNO/c1-10-4-5-12(15)7-11(10)8-14(17)9-13-3-2-6-16-13/h4-5,7,13,16H,2-3,6,8-9H2,1H3. The largest absolute Gasteiger partial charge is 0.314 e. The van der Waals surface area contributed by atoms with Crippen molar-refractivity contribution in [2.45, 2.75) is 38.6 Å². The maximum atomic E-state index is 13.1. The van der Waals surface area contributed by atoms with E-state index in [4.69, 9.17) is 0 Å². The van der Waals surface area contributed by atoms with Crippen LogP contribution in [0.5, 0.6) is 0 Å². The maximum absolute atomic E-state index is 13.1. The zero-order valence-electron chi connectivity index (χ0n) is 10.1. The molecule has 0 aromatic heterocycles. The highest BCUT2D eigenvalue weighted by Crippen LogP contribution is 2.14. The van der Waals surface area contributed by atoms with Crippen LogP contribution >= 0.6 is 0 Å². The molecule has 17 heavy (non-hydrogen) atoms. The molecule has 0 aliphatic carbocycles. The van der Waals surface area contributed by atoms with Crippen LogP contribution in [-0.2, 0) is 11.2 Å². The summed E-state index contributed by atoms with van der Waals surface area (Å²) in [6.45, 7) is 2.92. The Kier molecular flexibility index (Phi) is 3.89. The van der Waals surface area contributed by atoms with Crippen LogP contribution in [0, 0.1) is 12.7 Å². The third kappa shape index (κ3) is 3.37. The minimum atomic E-state index is -0.266. The van der Waals surface area contributed by atoms with E-state index in [0.29, 0.717) is 18.9 Å². The molecule has 1 aliphatic heterocycles. The summed E-state index contributed by atoms with van der Waals surface area (Å²) in [6, 6.07) is 4.96. The van der Waals surface area contributed by atoms with E-state index in [1.165, 1.54) is 12.1 Å². The van der Waals surface area contributed by atoms with Gasteiger partial charge in [0.1, 0.15) is 11.6 Å². The average Bonchev–Trinajstić information content (AvgIpc) is 2.76. The highest BCUT2D eigenvalue weighted by atomic mass is 19.1. The van der Waals surface area contributed by atoms with Crippen LogP contribution in [0.1, 0.15) is 30.4 Å². The normalized spacial score (nSPS) is 19.5. The van der Waals surface area contributed by atoms with Gasteiger partial charge in [-0.25, -0.2) is 4.39 Å². The molecule has 92 valence electrons. The van der Waals surface area contributed by atoms with Gasteiger partial charge in [-0.1, -0.05) is 6.07 Å². The summed E-state index contributed by atoms with van der Waals surface area (Å²) < 4.78 is 13.1. The molecule has 1 atom stereocenters. The molecule has 1 aromatic rings. The lowest BCUT2D eigenvalue weighted by atomic mass is 9.99. The minimum absolute atomic E-state index is 0.193. The van der Waals surface area contributed by atoms with E-state index in [0.717, 1.165) is 30.5 Å². The van der Waals surface area contributed by atoms with Crippen molar-refractivity contribution < 1.29 is 9.18 Å². The van der Waals surface area contributed by atoms with E-state index < -0.39 is 0 Å². The van der Waals surface area contributed by atoms with Crippen molar-refractivity contribution in [3.63, 3.8) is 0 Å². The predicted molar refractivity (Wildman–Crippen MR) is 65.5 cm³/mol. The molecule has 1 heterocycles. The maximum Gasteiger partial charge on any atom is 0.138 e. The molecule has 1 N–H and O–H groups in total. The van der Waals surface area contributed by atoms with E-state index in [9.17, 15) is 9.18 Å². The van der Waals surface area contributed by atoms with E-state index >= 15 is 0 Å². The van der Waals surface area contributed by atoms with Gasteiger partial charge in [-0.05, 0) is 49.6 Å². The summed E-state index contributed by atoms with van der Waals surface area (Å²) in [5.41, 5.74) is 1.80. The highest BCUT2D eigenvalue weighted by molar-refractivity contribution is 5.81. The summed E-state index contributed by atoms with van der Waals surface area (Å²) in [4.78, 5) is 11.9. The zero-order chi connectivity index (χ0) is 12.3. The van der Waals surface area contributed by atoms with Crippen LogP contribution in [-0.4, -0.2) is 18.4 Å². The lowest BCUT2D eigenvalue weighted by Crippen LogP contribution is -2.25. The molecule has 1 unspecified atom stereocenters. The van der Waals surface area contributed by atoms with Crippen molar-refractivity contribution >= 4 is 5.78 Å². The van der Waals surface area contributed by atoms with Gasteiger partial charge in [0.05, 0.1) is 0 Å². The van der Waals surface area contributed by atoms with Crippen LogP contribution in [0.15, 0.2) is 18.2 Å². The summed E-state index contributed by atoms with van der Waals surface area (Å²) in [5, 5.41) is 3.30. The Morgan fingerprint density at radius 1 is 1.53 bits per heavy atom. The molecular formula is C14H18FNO. The number of aryl methyl sites for hydroxylation is 1. The monoisotopic (exact) mass is 235 g/mol. The van der Waals surface area contributed by atoms with Gasteiger partial charge in [-0.15, -0.1) is 0 Å². The molecule has 1 fully saturated rings. The second-order valence-electron chi connectivity index (χ2n) is 4.78. The SMILES string of the molecule is Cc1ccc(F)cc1CC(=O)CC1CCCN1. The third-order valence-corrected chi connectivity index (χ3v) is 3.34. The first-order valence-corrected chi connectivity index (χ1v) is 6.15. The van der Waals surface area contributed by atoms with Crippen molar-refractivity contribution in [3.8, 4) is 0 Å². The molecule has 0 spiro atoms. The first-order chi connectivity index (χ1) is 8.15. The molecule has 0 bridgehead atoms. The summed E-state index contributed by atoms with van der Waals surface area (Å²) in [7, 11) is 0. The Morgan fingerprint density at radius 3 is 3.06 bits per heavy atom. The average molecular weight is 235 g/mol. The number of carbonyl (C=O) groups excluding carboxylic acids is 1. The quantitative estimate of drug-likeness (QED) is 0.868. The first-order valence-electron chi connectivity index (χ1n) is 6.15. The van der Waals surface area contributed by atoms with E-state index in [2.05, 4.69) is 5.32 Å². The number of Topliss-reactive ketones (excluding diaryl/α,β-unsaturated/α-hetero) is 1. The molecule has 1 saturated heterocycles. The Balaban J connectivity index is 1.95. The van der Waals surface area contributed by atoms with E-state index in [-0.39, 0.29) is 11.6 Å². The molecule has 2 nitrogen and oxygen atoms in total. The fourth-order valence-electron chi connectivity index (χ4n) is 2.32. The smallest absolute Gasteiger partial charge is 0.138 e. The summed E-state index contributed by atoms with van der Waals surface area (Å²) >= 11 is 0. The number of hydrogen-bond acceptors (Lipinski definition) is 2. The van der Waals surface area contributed by atoms with Crippen LogP contribution in [0.25, 0.3) is 0 Å². The van der Waals surface area contributed by atoms with E-state index in [1.54, 1.807) is 6.07 Å². The van der Waals surface area contributed by atoms with Gasteiger partial charge in [0, 0.05) is 18.9 Å². The van der Waals surface area contributed by atoms with Gasteiger partial charge in [0.2, 0.25) is 0 Å². The van der Waals surface area contributed by atoms with Crippen molar-refractivity contribution in [1.82, 2.24) is 5.32 Å². The van der Waals surface area contributed by atoms with Crippen molar-refractivity contribution in [2.75, 3.05) is 6.54 Å². The minimum Gasteiger partial charge on any atom is -0.314 e. The third-order valence-electron chi connectivity index (χ3n) is 3.34. The van der Waals surface area contributed by atoms with Crippen LogP contribution < -0.4 is 5.32 Å². The van der Waals surface area contributed by atoms with Gasteiger partial charge in [-0.2, -0.15) is 0 Å². The van der Waals surface area contributed by atoms with Gasteiger partial charge >= 0.3 is 0 Å². The van der Waals surface area contributed by atoms with Crippen LogP contribution in [0.2, 0.25) is 0 Å². The topological polar surface area (TPSA) is 29.1 Å². The molecule has 1 aromatic carbocycles. The summed E-state index contributed by atoms with van der Waals surface area (Å²) in [5.74, 6) is -0.0736. The fraction of sp³-hybridized carbons (Fsp3) is 0.500. The van der Waals surface area contributed by atoms with E-state index in [1.807, 2.05) is 6.92 Å². The first kappa shape index (κ1) is 12.2. The molecule has 1 aliphatic rings. The number of halogens is 1. The number of carbonyl (C=O) groups is 1. The van der Waals surface area contributed by atoms with Crippen molar-refractivity contribution in [3.05, 3.63) is 35.1 Å². The second kappa shape index (κ2) is 5.41. The number of hydrogen-bond donors (Lipinski definition) is 1. The Morgan fingerprint density at radius 2 is 2.35 bits per heavy atom. The second-order valence-corrected chi connectivity index (χ2v) is 4.78. The molecule has 0 saturated carbocycles. The van der Waals surface area contributed by atoms with Crippen LogP contribution in [0.4, 0.5) is 4.39 Å². The predicted octanol–water partition coefficient (Wildman–Crippen LogP) is 2.39. The summed E-state index contributed by atoms with van der Waals surface area (Å²) in [6.07, 6.45) is 3.14. The fourth-order valence-corrected chi connectivity index (χ4v) is 2.32. The Hall–Kier alpha value is -1.22. The highest BCUT2D eigenvalue weighted by Gasteiger charge is 2.18. The Labute approximate surface area is 101 Å². The molecular weight excluding hydrogens is 217 g/mol. The molecule has 3 heteroatoms. The van der Waals surface area contributed by atoms with Gasteiger partial charge in [0.15, 0.2) is 0 Å². The number of nitrogens with one attached hydrogen (secondary N) is 1. The van der Waals surface area contributed by atoms with Crippen molar-refractivity contribution in [1.29, 1.82) is 0 Å². The number of rotatable bonds is 4. The molecule has 0 radical (unpaired) electrons. The number of ketones is 1. The van der Waals surface area contributed by atoms with Gasteiger partial charge in [-0.3, -0.25) is 4.79 Å². The van der Waals surface area contributed by atoms with Crippen LogP contribution in [0.3, 0.4) is 0 Å². The number of benzene rings is 1. The molecule has 0 amide bonds. The zero-order valence-corrected chi connectivity index (χ0v) is 10.1. The lowest BCUT2D eigenvalue weighted by molar-refractivity contribution is -0.118. The van der Waals surface area contributed by atoms with Gasteiger partial charge in [0.25, 0.3) is 0 Å². The van der Waals surface area contributed by atoms with Crippen molar-refractivity contribution in [2.24, 2.45) is 0 Å². The molecule has 2 rings (SSSR count). The van der Waals surface area contributed by atoms with Gasteiger partial charge < -0.3 is 5.32 Å².